The normalized spacial score (nSPS) is 13.7. The lowest BCUT2D eigenvalue weighted by Crippen LogP contribution is -2.27. The van der Waals surface area contributed by atoms with Crippen molar-refractivity contribution in [3.8, 4) is 0 Å². The van der Waals surface area contributed by atoms with Crippen molar-refractivity contribution in [1.82, 2.24) is 4.98 Å². The predicted octanol–water partition coefficient (Wildman–Crippen LogP) is 2.69. The Morgan fingerprint density at radius 2 is 2.14 bits per heavy atom. The zero-order valence-electron chi connectivity index (χ0n) is 7.67. The van der Waals surface area contributed by atoms with E-state index in [9.17, 15) is 13.2 Å². The van der Waals surface area contributed by atoms with Crippen molar-refractivity contribution in [2.24, 2.45) is 5.92 Å². The number of hydrogen-bond donors (Lipinski definition) is 1. The second kappa shape index (κ2) is 4.30. The maximum absolute atomic E-state index is 12.1. The lowest BCUT2D eigenvalue weighted by molar-refractivity contribution is -0.165. The Morgan fingerprint density at radius 1 is 1.43 bits per heavy atom. The summed E-state index contributed by atoms with van der Waals surface area (Å²) in [6, 6.07) is 5.05. The number of nitrogens with zero attached hydrogens (tertiary/aromatic N) is 1. The fourth-order valence-electron chi connectivity index (χ4n) is 0.841. The zero-order valence-corrected chi connectivity index (χ0v) is 7.67. The molecule has 1 heterocycles. The first-order valence-electron chi connectivity index (χ1n) is 4.22. The van der Waals surface area contributed by atoms with Crippen molar-refractivity contribution in [3.63, 3.8) is 0 Å². The molecular weight excluding hydrogens is 193 g/mol. The fraction of sp³-hybridized carbons (Fsp3) is 0.444. The maximum Gasteiger partial charge on any atom is 0.393 e. The van der Waals surface area contributed by atoms with Crippen LogP contribution in [0.25, 0.3) is 0 Å². The van der Waals surface area contributed by atoms with Crippen molar-refractivity contribution in [1.29, 1.82) is 0 Å². The van der Waals surface area contributed by atoms with E-state index in [0.29, 0.717) is 5.82 Å². The minimum Gasteiger partial charge on any atom is -0.369 e. The minimum atomic E-state index is -4.15. The molecule has 0 saturated heterocycles. The molecule has 0 radical (unpaired) electrons. The van der Waals surface area contributed by atoms with Crippen molar-refractivity contribution in [2.45, 2.75) is 13.1 Å². The molecule has 5 heteroatoms. The Hall–Kier alpha value is -1.26. The molecule has 1 rings (SSSR count). The van der Waals surface area contributed by atoms with Gasteiger partial charge in [0, 0.05) is 12.7 Å². The first kappa shape index (κ1) is 10.8. The van der Waals surface area contributed by atoms with Crippen molar-refractivity contribution in [2.75, 3.05) is 11.9 Å². The van der Waals surface area contributed by atoms with E-state index in [0.717, 1.165) is 6.92 Å². The molecule has 14 heavy (non-hydrogen) atoms. The van der Waals surface area contributed by atoms with E-state index in [1.165, 1.54) is 6.20 Å². The maximum atomic E-state index is 12.1. The van der Waals surface area contributed by atoms with Crippen molar-refractivity contribution >= 4 is 5.82 Å². The van der Waals surface area contributed by atoms with Crippen LogP contribution in [0.15, 0.2) is 24.4 Å². The Labute approximate surface area is 80.2 Å². The summed E-state index contributed by atoms with van der Waals surface area (Å²) >= 11 is 0. The molecule has 0 aliphatic rings. The van der Waals surface area contributed by atoms with Crippen LogP contribution >= 0.6 is 0 Å². The third-order valence-corrected chi connectivity index (χ3v) is 1.81. The van der Waals surface area contributed by atoms with E-state index in [4.69, 9.17) is 0 Å². The number of alkyl halides is 3. The Morgan fingerprint density at radius 3 is 2.64 bits per heavy atom. The van der Waals surface area contributed by atoms with Gasteiger partial charge in [0.15, 0.2) is 0 Å². The molecule has 0 spiro atoms. The van der Waals surface area contributed by atoms with Crippen LogP contribution in [0, 0.1) is 5.92 Å². The van der Waals surface area contributed by atoms with E-state index in [-0.39, 0.29) is 6.54 Å². The second-order valence-corrected chi connectivity index (χ2v) is 3.04. The fourth-order valence-corrected chi connectivity index (χ4v) is 0.841. The van der Waals surface area contributed by atoms with Gasteiger partial charge in [0.25, 0.3) is 0 Å². The van der Waals surface area contributed by atoms with Crippen molar-refractivity contribution < 1.29 is 13.2 Å². The lowest BCUT2D eigenvalue weighted by atomic mass is 10.2. The number of hydrogen-bond acceptors (Lipinski definition) is 2. The molecule has 0 aliphatic heterocycles. The lowest BCUT2D eigenvalue weighted by Gasteiger charge is -2.16. The smallest absolute Gasteiger partial charge is 0.369 e. The van der Waals surface area contributed by atoms with Gasteiger partial charge < -0.3 is 5.32 Å². The minimum absolute atomic E-state index is 0.152. The van der Waals surface area contributed by atoms with Gasteiger partial charge in [-0.2, -0.15) is 13.2 Å². The molecule has 1 aromatic heterocycles. The second-order valence-electron chi connectivity index (χ2n) is 3.04. The molecule has 0 aromatic carbocycles. The summed E-state index contributed by atoms with van der Waals surface area (Å²) in [5, 5.41) is 2.62. The summed E-state index contributed by atoms with van der Waals surface area (Å²) in [6.45, 7) is 0.983. The van der Waals surface area contributed by atoms with Gasteiger partial charge >= 0.3 is 6.18 Å². The summed E-state index contributed by atoms with van der Waals surface area (Å²) in [6.07, 6.45) is -2.62. The van der Waals surface area contributed by atoms with Crippen LogP contribution < -0.4 is 5.32 Å². The highest BCUT2D eigenvalue weighted by Gasteiger charge is 2.35. The molecule has 1 unspecified atom stereocenters. The van der Waals surface area contributed by atoms with Gasteiger partial charge in [0.2, 0.25) is 0 Å². The van der Waals surface area contributed by atoms with Crippen LogP contribution in [0.4, 0.5) is 19.0 Å². The summed E-state index contributed by atoms with van der Waals surface area (Å²) in [5.74, 6) is -0.909. The Balaban J connectivity index is 2.42. The molecule has 0 bridgehead atoms. The van der Waals surface area contributed by atoms with Crippen LogP contribution in [0.5, 0.6) is 0 Å². The predicted molar refractivity (Wildman–Crippen MR) is 47.9 cm³/mol. The number of anilines is 1. The van der Waals surface area contributed by atoms with E-state index < -0.39 is 12.1 Å². The summed E-state index contributed by atoms with van der Waals surface area (Å²) < 4.78 is 36.3. The molecule has 0 fully saturated rings. The molecule has 1 atom stereocenters. The van der Waals surface area contributed by atoms with Crippen LogP contribution in [0.1, 0.15) is 6.92 Å². The summed E-state index contributed by atoms with van der Waals surface area (Å²) in [4.78, 5) is 3.85. The van der Waals surface area contributed by atoms with Gasteiger partial charge in [0.1, 0.15) is 5.82 Å². The van der Waals surface area contributed by atoms with Gasteiger partial charge in [0.05, 0.1) is 5.92 Å². The molecular formula is C9H11F3N2. The first-order chi connectivity index (χ1) is 6.50. The molecule has 2 nitrogen and oxygen atoms in total. The monoisotopic (exact) mass is 204 g/mol. The van der Waals surface area contributed by atoms with Crippen LogP contribution in [-0.2, 0) is 0 Å². The number of pyridine rings is 1. The quantitative estimate of drug-likeness (QED) is 0.818. The third-order valence-electron chi connectivity index (χ3n) is 1.81. The Kier molecular flexibility index (Phi) is 3.33. The van der Waals surface area contributed by atoms with Gasteiger partial charge in [-0.3, -0.25) is 0 Å². The molecule has 1 aromatic rings. The average Bonchev–Trinajstić information content (AvgIpc) is 2.14. The van der Waals surface area contributed by atoms with Gasteiger partial charge in [-0.1, -0.05) is 13.0 Å². The SMILES string of the molecule is CC(CNc1ccccn1)C(F)(F)F. The summed E-state index contributed by atoms with van der Waals surface area (Å²) in [7, 11) is 0. The van der Waals surface area contributed by atoms with Crippen molar-refractivity contribution in [3.05, 3.63) is 24.4 Å². The molecule has 1 N–H and O–H groups in total. The Bertz CT molecular complexity index is 271. The van der Waals surface area contributed by atoms with Gasteiger partial charge in [-0.15, -0.1) is 0 Å². The number of nitrogens with one attached hydrogen (secondary N) is 1. The molecule has 0 amide bonds. The molecule has 78 valence electrons. The number of aromatic nitrogens is 1. The van der Waals surface area contributed by atoms with Crippen LogP contribution in [0.2, 0.25) is 0 Å². The van der Waals surface area contributed by atoms with E-state index in [1.807, 2.05) is 0 Å². The highest BCUT2D eigenvalue weighted by atomic mass is 19.4. The van der Waals surface area contributed by atoms with Gasteiger partial charge in [-0.05, 0) is 12.1 Å². The molecule has 0 saturated carbocycles. The third kappa shape index (κ3) is 3.24. The van der Waals surface area contributed by atoms with Crippen LogP contribution in [0.3, 0.4) is 0 Å². The topological polar surface area (TPSA) is 24.9 Å². The highest BCUT2D eigenvalue weighted by molar-refractivity contribution is 5.32. The molecule has 0 aliphatic carbocycles. The standard InChI is InChI=1S/C9H11F3N2/c1-7(9(10,11)12)6-14-8-4-2-3-5-13-8/h2-5,7H,6H2,1H3,(H,13,14). The van der Waals surface area contributed by atoms with Crippen LogP contribution in [-0.4, -0.2) is 17.7 Å². The first-order valence-corrected chi connectivity index (χ1v) is 4.22. The van der Waals surface area contributed by atoms with Gasteiger partial charge in [-0.25, -0.2) is 4.98 Å². The highest BCUT2D eigenvalue weighted by Crippen LogP contribution is 2.25. The van der Waals surface area contributed by atoms with E-state index in [1.54, 1.807) is 18.2 Å². The number of halogens is 3. The average molecular weight is 204 g/mol. The number of rotatable bonds is 3. The summed E-state index contributed by atoms with van der Waals surface area (Å²) in [5.41, 5.74) is 0. The zero-order chi connectivity index (χ0) is 10.6. The van der Waals surface area contributed by atoms with E-state index >= 15 is 0 Å². The largest absolute Gasteiger partial charge is 0.393 e. The van der Waals surface area contributed by atoms with E-state index in [2.05, 4.69) is 10.3 Å².